The summed E-state index contributed by atoms with van der Waals surface area (Å²) in [6, 6.07) is 21.8. The van der Waals surface area contributed by atoms with Gasteiger partial charge in [-0.2, -0.15) is 5.10 Å². The number of halogens is 1. The molecule has 6 nitrogen and oxygen atoms in total. The van der Waals surface area contributed by atoms with E-state index in [1.807, 2.05) is 47.1 Å². The molecule has 1 amide bonds. The third kappa shape index (κ3) is 5.39. The van der Waals surface area contributed by atoms with Gasteiger partial charge in [0.2, 0.25) is 0 Å². The van der Waals surface area contributed by atoms with E-state index in [0.717, 1.165) is 41.0 Å². The molecule has 0 saturated carbocycles. The van der Waals surface area contributed by atoms with Gasteiger partial charge in [0.15, 0.2) is 0 Å². The van der Waals surface area contributed by atoms with Crippen molar-refractivity contribution < 1.29 is 9.53 Å². The number of hydrogen-bond acceptors (Lipinski definition) is 4. The van der Waals surface area contributed by atoms with Gasteiger partial charge in [0.05, 0.1) is 35.3 Å². The fraction of sp³-hybridized carbons (Fsp3) is 0.241. The molecule has 4 rings (SSSR count). The number of carbonyl (C=O) groups is 1. The van der Waals surface area contributed by atoms with Crippen LogP contribution in [0.25, 0.3) is 16.9 Å². The minimum atomic E-state index is -0.170. The number of aromatic nitrogens is 2. The van der Waals surface area contributed by atoms with Crippen LogP contribution in [0.2, 0.25) is 5.02 Å². The van der Waals surface area contributed by atoms with Crippen LogP contribution in [0.15, 0.2) is 72.9 Å². The summed E-state index contributed by atoms with van der Waals surface area (Å²) in [4.78, 5) is 15.5. The molecule has 1 aromatic heterocycles. The van der Waals surface area contributed by atoms with E-state index in [2.05, 4.69) is 54.4 Å². The van der Waals surface area contributed by atoms with Crippen molar-refractivity contribution >= 4 is 23.2 Å². The number of para-hydroxylation sites is 1. The van der Waals surface area contributed by atoms with Gasteiger partial charge in [0.1, 0.15) is 5.75 Å². The molecule has 0 unspecified atom stereocenters. The number of hydrogen-bond donors (Lipinski definition) is 1. The number of rotatable bonds is 9. The first kappa shape index (κ1) is 25.3. The van der Waals surface area contributed by atoms with Gasteiger partial charge in [0, 0.05) is 31.4 Å². The molecule has 0 radical (unpaired) electrons. The van der Waals surface area contributed by atoms with Gasteiger partial charge < -0.3 is 15.0 Å². The Kier molecular flexibility index (Phi) is 7.96. The molecule has 3 aromatic carbocycles. The van der Waals surface area contributed by atoms with Crippen LogP contribution in [0, 0.1) is 13.8 Å². The molecular formula is C29H31ClN4O2. The molecule has 0 spiro atoms. The molecule has 4 aromatic rings. The summed E-state index contributed by atoms with van der Waals surface area (Å²) in [5.74, 6) is 0.405. The number of nitrogens with one attached hydrogen (secondary N) is 1. The summed E-state index contributed by atoms with van der Waals surface area (Å²) in [6.07, 6.45) is 2.44. The lowest BCUT2D eigenvalue weighted by molar-refractivity contribution is 0.0954. The topological polar surface area (TPSA) is 59.4 Å². The number of anilines is 1. The molecule has 7 heteroatoms. The quantitative estimate of drug-likeness (QED) is 0.282. The average molecular weight is 503 g/mol. The van der Waals surface area contributed by atoms with Crippen LogP contribution in [-0.2, 0) is 0 Å². The highest BCUT2D eigenvalue weighted by atomic mass is 35.5. The zero-order chi connectivity index (χ0) is 25.7. The van der Waals surface area contributed by atoms with Gasteiger partial charge in [-0.15, -0.1) is 0 Å². The monoisotopic (exact) mass is 502 g/mol. The number of carbonyl (C=O) groups excluding carboxylic acids is 1. The van der Waals surface area contributed by atoms with Crippen LogP contribution >= 0.6 is 11.6 Å². The third-order valence-electron chi connectivity index (χ3n) is 6.40. The highest BCUT2D eigenvalue weighted by Gasteiger charge is 2.22. The lowest BCUT2D eigenvalue weighted by atomic mass is 10.0. The number of aryl methyl sites for hydroxylation is 1. The van der Waals surface area contributed by atoms with Gasteiger partial charge >= 0.3 is 0 Å². The van der Waals surface area contributed by atoms with Gasteiger partial charge in [-0.3, -0.25) is 4.79 Å². The number of methoxy groups -OCH3 is 1. The van der Waals surface area contributed by atoms with E-state index < -0.39 is 0 Å². The molecule has 1 N–H and O–H groups in total. The zero-order valence-corrected chi connectivity index (χ0v) is 21.8. The largest absolute Gasteiger partial charge is 0.495 e. The van der Waals surface area contributed by atoms with Crippen molar-refractivity contribution in [2.24, 2.45) is 0 Å². The van der Waals surface area contributed by atoms with E-state index in [1.54, 1.807) is 19.4 Å². The predicted molar refractivity (Wildman–Crippen MR) is 147 cm³/mol. The Morgan fingerprint density at radius 1 is 1.08 bits per heavy atom. The maximum atomic E-state index is 13.3. The van der Waals surface area contributed by atoms with Crippen molar-refractivity contribution in [3.8, 4) is 22.7 Å². The van der Waals surface area contributed by atoms with E-state index in [4.69, 9.17) is 16.3 Å². The van der Waals surface area contributed by atoms with E-state index in [1.165, 1.54) is 0 Å². The minimum absolute atomic E-state index is 0.170. The molecule has 0 aliphatic rings. The van der Waals surface area contributed by atoms with E-state index in [-0.39, 0.29) is 5.91 Å². The van der Waals surface area contributed by atoms with Crippen LogP contribution in [0.3, 0.4) is 0 Å². The number of nitrogens with zero attached hydrogens (tertiary/aromatic N) is 3. The smallest absolute Gasteiger partial charge is 0.255 e. The van der Waals surface area contributed by atoms with Crippen LogP contribution in [0.5, 0.6) is 5.75 Å². The van der Waals surface area contributed by atoms with Gasteiger partial charge in [-0.1, -0.05) is 41.9 Å². The van der Waals surface area contributed by atoms with Crippen molar-refractivity contribution in [3.63, 3.8) is 0 Å². The van der Waals surface area contributed by atoms with Crippen molar-refractivity contribution in [2.45, 2.75) is 20.3 Å². The van der Waals surface area contributed by atoms with Crippen molar-refractivity contribution in [1.82, 2.24) is 15.1 Å². The summed E-state index contributed by atoms with van der Waals surface area (Å²) in [5, 5.41) is 8.17. The summed E-state index contributed by atoms with van der Waals surface area (Å²) < 4.78 is 7.14. The average Bonchev–Trinajstić information content (AvgIpc) is 3.33. The second-order valence-electron chi connectivity index (χ2n) is 8.75. The van der Waals surface area contributed by atoms with Gasteiger partial charge in [0.25, 0.3) is 5.91 Å². The fourth-order valence-electron chi connectivity index (χ4n) is 4.18. The molecule has 36 heavy (non-hydrogen) atoms. The van der Waals surface area contributed by atoms with E-state index in [9.17, 15) is 4.79 Å². The molecule has 0 aliphatic carbocycles. The molecule has 1 heterocycles. The lowest BCUT2D eigenvalue weighted by Crippen LogP contribution is -2.28. The zero-order valence-electron chi connectivity index (χ0n) is 21.1. The van der Waals surface area contributed by atoms with Crippen LogP contribution in [0.1, 0.15) is 27.9 Å². The number of benzene rings is 3. The standard InChI is InChI=1S/C29H31ClN4O2/c1-20-10-8-13-26(21(20)2)34-28(22-14-15-27(36-4)25(30)18-22)24(19-32-34)29(35)31-16-9-17-33(3)23-11-6-5-7-12-23/h5-8,10-15,18-19H,9,16-17H2,1-4H3,(H,31,35). The predicted octanol–water partition coefficient (Wildman–Crippen LogP) is 6.07. The summed E-state index contributed by atoms with van der Waals surface area (Å²) in [6.45, 7) is 5.49. The van der Waals surface area contributed by atoms with Crippen LogP contribution < -0.4 is 15.0 Å². The highest BCUT2D eigenvalue weighted by Crippen LogP contribution is 2.34. The van der Waals surface area contributed by atoms with Crippen LogP contribution in [0.4, 0.5) is 5.69 Å². The van der Waals surface area contributed by atoms with E-state index >= 15 is 0 Å². The maximum Gasteiger partial charge on any atom is 0.255 e. The summed E-state index contributed by atoms with van der Waals surface area (Å²) >= 11 is 6.46. The Hall–Kier alpha value is -3.77. The molecule has 0 aliphatic heterocycles. The second-order valence-corrected chi connectivity index (χ2v) is 9.16. The maximum absolute atomic E-state index is 13.3. The first-order valence-corrected chi connectivity index (χ1v) is 12.3. The Balaban J connectivity index is 1.59. The molecule has 186 valence electrons. The van der Waals surface area contributed by atoms with Gasteiger partial charge in [-0.05, 0) is 67.8 Å². The van der Waals surface area contributed by atoms with Crippen LogP contribution in [-0.4, -0.2) is 42.9 Å². The number of ether oxygens (including phenoxy) is 1. The molecule has 0 bridgehead atoms. The molecule has 0 saturated heterocycles. The summed E-state index contributed by atoms with van der Waals surface area (Å²) in [7, 11) is 3.63. The van der Waals surface area contributed by atoms with Gasteiger partial charge in [-0.25, -0.2) is 4.68 Å². The highest BCUT2D eigenvalue weighted by molar-refractivity contribution is 6.32. The molecule has 0 fully saturated rings. The second kappa shape index (κ2) is 11.3. The third-order valence-corrected chi connectivity index (χ3v) is 6.69. The fourth-order valence-corrected chi connectivity index (χ4v) is 4.44. The molecular weight excluding hydrogens is 472 g/mol. The normalized spacial score (nSPS) is 10.8. The van der Waals surface area contributed by atoms with Crippen molar-refractivity contribution in [3.05, 3.63) is 94.6 Å². The first-order valence-electron chi connectivity index (χ1n) is 11.9. The Bertz CT molecular complexity index is 1350. The van der Waals surface area contributed by atoms with Crippen molar-refractivity contribution in [1.29, 1.82) is 0 Å². The Morgan fingerprint density at radius 3 is 2.58 bits per heavy atom. The van der Waals surface area contributed by atoms with E-state index in [0.29, 0.717) is 28.6 Å². The lowest BCUT2D eigenvalue weighted by Gasteiger charge is -2.19. The Labute approximate surface area is 217 Å². The first-order chi connectivity index (χ1) is 17.4. The number of amides is 1. The minimum Gasteiger partial charge on any atom is -0.495 e. The molecule has 0 atom stereocenters. The SMILES string of the molecule is COc1ccc(-c2c(C(=O)NCCCN(C)c3ccccc3)cnn2-c2cccc(C)c2C)cc1Cl. The summed E-state index contributed by atoms with van der Waals surface area (Å²) in [5.41, 5.74) is 6.28. The Morgan fingerprint density at radius 2 is 1.86 bits per heavy atom. The van der Waals surface area contributed by atoms with Crippen molar-refractivity contribution in [2.75, 3.05) is 32.1 Å².